The molecular formula is C32H38FN7OS. The first-order valence-corrected chi connectivity index (χ1v) is 15.5. The van der Waals surface area contributed by atoms with Crippen molar-refractivity contribution < 1.29 is 9.18 Å². The smallest absolute Gasteiger partial charge is 0.236 e. The Morgan fingerprint density at radius 2 is 1.88 bits per heavy atom. The fourth-order valence-electron chi connectivity index (χ4n) is 5.81. The van der Waals surface area contributed by atoms with Gasteiger partial charge in [-0.2, -0.15) is 5.26 Å². The Hall–Kier alpha value is -3.81. The van der Waals surface area contributed by atoms with Gasteiger partial charge in [0.2, 0.25) is 5.91 Å². The SMILES string of the molecule is CC/C=C(\N(C)c1nc(-c2ccc(F)cc2)c(C#N)s1)n1cc(C2CCN(CC(=O)N3CCCC3)CC2)cc/c1=N/C. The zero-order chi connectivity index (χ0) is 29.6. The van der Waals surface area contributed by atoms with Crippen LogP contribution in [-0.4, -0.2) is 72.1 Å². The molecule has 10 heteroatoms. The number of nitrogens with zero attached hydrogens (tertiary/aromatic N) is 7. The molecule has 0 unspecified atom stereocenters. The number of hydrogen-bond donors (Lipinski definition) is 0. The number of carbonyl (C=O) groups is 1. The van der Waals surface area contributed by atoms with E-state index in [1.807, 2.05) is 16.8 Å². The van der Waals surface area contributed by atoms with Gasteiger partial charge in [-0.25, -0.2) is 9.37 Å². The number of nitriles is 1. The lowest BCUT2D eigenvalue weighted by atomic mass is 9.90. The maximum Gasteiger partial charge on any atom is 0.236 e. The van der Waals surface area contributed by atoms with Gasteiger partial charge >= 0.3 is 0 Å². The Labute approximate surface area is 251 Å². The number of benzene rings is 1. The second kappa shape index (κ2) is 13.4. The van der Waals surface area contributed by atoms with Crippen LogP contribution < -0.4 is 10.4 Å². The second-order valence-corrected chi connectivity index (χ2v) is 11.9. The summed E-state index contributed by atoms with van der Waals surface area (Å²) in [6.45, 7) is 6.23. The third-order valence-corrected chi connectivity index (χ3v) is 9.19. The van der Waals surface area contributed by atoms with E-state index in [1.165, 1.54) is 29.0 Å². The van der Waals surface area contributed by atoms with E-state index in [0.717, 1.165) is 69.6 Å². The summed E-state index contributed by atoms with van der Waals surface area (Å²) in [4.78, 5) is 28.8. The Balaban J connectivity index is 1.37. The molecule has 0 N–H and O–H groups in total. The van der Waals surface area contributed by atoms with E-state index in [4.69, 9.17) is 4.98 Å². The van der Waals surface area contributed by atoms with E-state index in [-0.39, 0.29) is 11.7 Å². The predicted octanol–water partition coefficient (Wildman–Crippen LogP) is 5.30. The van der Waals surface area contributed by atoms with Gasteiger partial charge in [-0.1, -0.05) is 24.3 Å². The highest BCUT2D eigenvalue weighted by atomic mass is 32.1. The summed E-state index contributed by atoms with van der Waals surface area (Å²) in [5.41, 5.74) is 3.31. The first kappa shape index (κ1) is 29.7. The largest absolute Gasteiger partial charge is 0.342 e. The zero-order valence-corrected chi connectivity index (χ0v) is 25.4. The molecule has 3 aromatic rings. The number of hydrogen-bond acceptors (Lipinski definition) is 7. The summed E-state index contributed by atoms with van der Waals surface area (Å²) in [7, 11) is 3.74. The standard InChI is InChI=1S/C32H38FN7OS/c1-4-7-29(37(3)32-36-31(27(20-34)42-32)24-8-11-26(33)12-9-24)40-21-25(10-13-28(40)35-2)23-14-18-38(19-15-23)22-30(41)39-16-5-6-17-39/h7-13,21,23H,4-6,14-19,22H2,1-3H3/b29-7+,35-28-. The number of anilines is 1. The van der Waals surface area contributed by atoms with Crippen molar-refractivity contribution in [3.63, 3.8) is 0 Å². The minimum Gasteiger partial charge on any atom is -0.342 e. The molecule has 2 fully saturated rings. The van der Waals surface area contributed by atoms with E-state index >= 15 is 0 Å². The number of thiazole rings is 1. The highest BCUT2D eigenvalue weighted by Crippen LogP contribution is 2.35. The van der Waals surface area contributed by atoms with Gasteiger partial charge in [-0.05, 0) is 93.1 Å². The van der Waals surface area contributed by atoms with Gasteiger partial charge in [0, 0.05) is 38.9 Å². The van der Waals surface area contributed by atoms with Crippen LogP contribution in [0.5, 0.6) is 0 Å². The first-order chi connectivity index (χ1) is 20.4. The number of aromatic nitrogens is 2. The van der Waals surface area contributed by atoms with E-state index in [0.29, 0.717) is 33.7 Å². The quantitative estimate of drug-likeness (QED) is 0.357. The van der Waals surface area contributed by atoms with Crippen molar-refractivity contribution in [2.45, 2.75) is 44.9 Å². The minimum absolute atomic E-state index is 0.263. The molecule has 220 valence electrons. The lowest BCUT2D eigenvalue weighted by Gasteiger charge is -2.33. The number of carbonyl (C=O) groups excluding carboxylic acids is 1. The molecule has 1 aromatic carbocycles. The van der Waals surface area contributed by atoms with Gasteiger partial charge in [0.1, 0.15) is 33.8 Å². The summed E-state index contributed by atoms with van der Waals surface area (Å²) in [5, 5.41) is 10.5. The van der Waals surface area contributed by atoms with Crippen molar-refractivity contribution in [3.8, 4) is 17.3 Å². The van der Waals surface area contributed by atoms with Crippen molar-refractivity contribution in [1.29, 1.82) is 5.26 Å². The minimum atomic E-state index is -0.327. The van der Waals surface area contributed by atoms with Gasteiger partial charge in [-0.15, -0.1) is 0 Å². The number of halogens is 1. The van der Waals surface area contributed by atoms with Gasteiger partial charge in [-0.3, -0.25) is 19.3 Å². The predicted molar refractivity (Wildman–Crippen MR) is 165 cm³/mol. The van der Waals surface area contributed by atoms with Crippen LogP contribution >= 0.6 is 11.3 Å². The van der Waals surface area contributed by atoms with Crippen LogP contribution in [0.3, 0.4) is 0 Å². The van der Waals surface area contributed by atoms with Crippen LogP contribution in [0.2, 0.25) is 0 Å². The van der Waals surface area contributed by atoms with Crippen LogP contribution in [0.1, 0.15) is 55.4 Å². The zero-order valence-electron chi connectivity index (χ0n) is 24.6. The molecular weight excluding hydrogens is 549 g/mol. The highest BCUT2D eigenvalue weighted by molar-refractivity contribution is 7.16. The molecule has 0 bridgehead atoms. The number of rotatable bonds is 8. The number of pyridine rings is 1. The van der Waals surface area contributed by atoms with Gasteiger partial charge in [0.15, 0.2) is 5.13 Å². The molecule has 2 saturated heterocycles. The van der Waals surface area contributed by atoms with Gasteiger partial charge in [0.05, 0.1) is 6.54 Å². The molecule has 2 aromatic heterocycles. The Kier molecular flexibility index (Phi) is 9.50. The lowest BCUT2D eigenvalue weighted by molar-refractivity contribution is -0.131. The number of likely N-dealkylation sites (tertiary alicyclic amines) is 2. The topological polar surface area (TPSA) is 80.8 Å². The van der Waals surface area contributed by atoms with E-state index in [9.17, 15) is 14.4 Å². The summed E-state index contributed by atoms with van der Waals surface area (Å²) in [6, 6.07) is 12.6. The van der Waals surface area contributed by atoms with Crippen molar-refractivity contribution in [1.82, 2.24) is 19.4 Å². The highest BCUT2D eigenvalue weighted by Gasteiger charge is 2.26. The van der Waals surface area contributed by atoms with Crippen molar-refractivity contribution in [2.24, 2.45) is 4.99 Å². The fraction of sp³-hybridized carbons (Fsp3) is 0.438. The van der Waals surface area contributed by atoms with Crippen LogP contribution in [-0.2, 0) is 4.79 Å². The number of allylic oxidation sites excluding steroid dienone is 1. The van der Waals surface area contributed by atoms with Crippen LogP contribution in [0.15, 0.2) is 53.7 Å². The summed E-state index contributed by atoms with van der Waals surface area (Å²) < 4.78 is 15.6. The van der Waals surface area contributed by atoms with Crippen LogP contribution in [0.25, 0.3) is 17.1 Å². The molecule has 5 rings (SSSR count). The molecule has 4 heterocycles. The Bertz CT molecular complexity index is 1540. The summed E-state index contributed by atoms with van der Waals surface area (Å²) in [5.74, 6) is 1.23. The average molecular weight is 588 g/mol. The van der Waals surface area contributed by atoms with Crippen molar-refractivity contribution in [3.05, 3.63) is 70.4 Å². The molecule has 42 heavy (non-hydrogen) atoms. The number of amides is 1. The Morgan fingerprint density at radius 1 is 1.17 bits per heavy atom. The maximum absolute atomic E-state index is 13.5. The Morgan fingerprint density at radius 3 is 2.52 bits per heavy atom. The third-order valence-electron chi connectivity index (χ3n) is 8.15. The molecule has 8 nitrogen and oxygen atoms in total. The third kappa shape index (κ3) is 6.48. The van der Waals surface area contributed by atoms with Gasteiger partial charge < -0.3 is 9.80 Å². The summed E-state index contributed by atoms with van der Waals surface area (Å²) in [6.07, 6.45) is 9.34. The molecule has 0 radical (unpaired) electrons. The maximum atomic E-state index is 13.5. The van der Waals surface area contributed by atoms with Crippen molar-refractivity contribution in [2.75, 3.05) is 51.7 Å². The first-order valence-electron chi connectivity index (χ1n) is 14.7. The number of piperidine rings is 1. The van der Waals surface area contributed by atoms with Crippen molar-refractivity contribution >= 4 is 28.2 Å². The normalized spacial score (nSPS) is 17.1. The van der Waals surface area contributed by atoms with Gasteiger partial charge in [0.25, 0.3) is 0 Å². The second-order valence-electron chi connectivity index (χ2n) is 10.9. The molecule has 1 amide bonds. The van der Waals surface area contributed by atoms with Crippen LogP contribution in [0.4, 0.5) is 9.52 Å². The molecule has 2 aliphatic heterocycles. The molecule has 0 saturated carbocycles. The van der Waals surface area contributed by atoms with E-state index < -0.39 is 0 Å². The molecule has 0 spiro atoms. The lowest BCUT2D eigenvalue weighted by Crippen LogP contribution is -2.42. The average Bonchev–Trinajstić information content (AvgIpc) is 3.71. The molecule has 0 aliphatic carbocycles. The summed E-state index contributed by atoms with van der Waals surface area (Å²) >= 11 is 1.31. The monoisotopic (exact) mass is 587 g/mol. The van der Waals surface area contributed by atoms with Crippen LogP contribution in [0, 0.1) is 17.1 Å². The molecule has 2 aliphatic rings. The fourth-order valence-corrected chi connectivity index (χ4v) is 6.66. The van der Waals surface area contributed by atoms with E-state index in [2.05, 4.69) is 51.9 Å². The molecule has 0 atom stereocenters. The van der Waals surface area contributed by atoms with E-state index in [1.54, 1.807) is 19.2 Å².